The van der Waals surface area contributed by atoms with Crippen LogP contribution in [0.4, 0.5) is 0 Å². The Balaban J connectivity index is 3.17. The maximum atomic E-state index is 10.4. The third-order valence-corrected chi connectivity index (χ3v) is 5.59. The Labute approximate surface area is 182 Å². The van der Waals surface area contributed by atoms with Gasteiger partial charge in [0.2, 0.25) is 0 Å². The number of allylic oxidation sites excluding steroid dienone is 4. The van der Waals surface area contributed by atoms with Crippen molar-refractivity contribution in [3.63, 3.8) is 0 Å². The second kappa shape index (κ2) is 25.0. The fourth-order valence-electron chi connectivity index (χ4n) is 3.68. The minimum atomic E-state index is -0.662. The second-order valence-electron chi connectivity index (χ2n) is 8.56. The van der Waals surface area contributed by atoms with E-state index in [0.29, 0.717) is 6.42 Å². The zero-order valence-corrected chi connectivity index (χ0v) is 19.5. The molecule has 2 heteroatoms. The highest BCUT2D eigenvalue weighted by Gasteiger charge is 1.96. The summed E-state index contributed by atoms with van der Waals surface area (Å²) in [6, 6.07) is 0. The number of unbranched alkanes of at least 4 members (excludes halogenated alkanes) is 17. The number of hydrogen-bond donors (Lipinski definition) is 1. The third-order valence-electron chi connectivity index (χ3n) is 5.59. The van der Waals surface area contributed by atoms with Crippen molar-refractivity contribution in [1.29, 1.82) is 0 Å². The van der Waals surface area contributed by atoms with Crippen molar-refractivity contribution >= 4 is 5.97 Å². The molecule has 1 N–H and O–H groups in total. The lowest BCUT2D eigenvalue weighted by molar-refractivity contribution is -0.137. The minimum Gasteiger partial charge on any atom is -0.481 e. The largest absolute Gasteiger partial charge is 0.481 e. The predicted octanol–water partition coefficient (Wildman–Crippen LogP) is 9.40. The highest BCUT2D eigenvalue weighted by Crippen LogP contribution is 2.12. The molecule has 0 saturated heterocycles. The summed E-state index contributed by atoms with van der Waals surface area (Å²) in [7, 11) is 0. The van der Waals surface area contributed by atoms with Crippen LogP contribution in [0.25, 0.3) is 0 Å². The Morgan fingerprint density at radius 3 is 1.34 bits per heavy atom. The van der Waals surface area contributed by atoms with E-state index in [1.807, 2.05) is 0 Å². The Kier molecular flexibility index (Phi) is 24.1. The van der Waals surface area contributed by atoms with Crippen LogP contribution in [-0.2, 0) is 4.79 Å². The van der Waals surface area contributed by atoms with Gasteiger partial charge in [0.25, 0.3) is 0 Å². The molecule has 0 atom stereocenters. The van der Waals surface area contributed by atoms with Gasteiger partial charge in [-0.05, 0) is 38.5 Å². The first-order chi connectivity index (χ1) is 14.3. The van der Waals surface area contributed by atoms with Gasteiger partial charge >= 0.3 is 5.97 Å². The molecule has 2 nitrogen and oxygen atoms in total. The normalized spacial score (nSPS) is 11.8. The highest BCUT2D eigenvalue weighted by molar-refractivity contribution is 5.66. The van der Waals surface area contributed by atoms with Gasteiger partial charge in [-0.3, -0.25) is 4.79 Å². The van der Waals surface area contributed by atoms with Crippen molar-refractivity contribution in [3.8, 4) is 0 Å². The number of hydrogen-bond acceptors (Lipinski definition) is 1. The molecule has 0 aromatic carbocycles. The molecule has 0 bridgehead atoms. The Morgan fingerprint density at radius 2 is 0.931 bits per heavy atom. The van der Waals surface area contributed by atoms with Crippen molar-refractivity contribution < 1.29 is 9.90 Å². The fourth-order valence-corrected chi connectivity index (χ4v) is 3.68. The zero-order chi connectivity index (χ0) is 21.3. The first-order valence-corrected chi connectivity index (χ1v) is 12.8. The summed E-state index contributed by atoms with van der Waals surface area (Å²) in [4.78, 5) is 10.4. The first-order valence-electron chi connectivity index (χ1n) is 12.8. The summed E-state index contributed by atoms with van der Waals surface area (Å²) in [5.41, 5.74) is 0. The summed E-state index contributed by atoms with van der Waals surface area (Å²) in [5, 5.41) is 8.58. The monoisotopic (exact) mass is 406 g/mol. The van der Waals surface area contributed by atoms with Crippen LogP contribution in [-0.4, -0.2) is 11.1 Å². The topological polar surface area (TPSA) is 37.3 Å². The van der Waals surface area contributed by atoms with Gasteiger partial charge in [-0.15, -0.1) is 0 Å². The van der Waals surface area contributed by atoms with Crippen molar-refractivity contribution in [2.24, 2.45) is 0 Å². The maximum absolute atomic E-state index is 10.4. The molecular weight excluding hydrogens is 356 g/mol. The van der Waals surface area contributed by atoms with E-state index in [2.05, 4.69) is 31.2 Å². The molecule has 0 aromatic rings. The SMILES string of the molecule is CCCCCCCCCCCCC=CCC=CCCCCCCCCCC(=O)O. The lowest BCUT2D eigenvalue weighted by Crippen LogP contribution is -1.93. The second-order valence-corrected chi connectivity index (χ2v) is 8.56. The number of aliphatic carboxylic acids is 1. The minimum absolute atomic E-state index is 0.332. The van der Waals surface area contributed by atoms with Crippen molar-refractivity contribution in [1.82, 2.24) is 0 Å². The third kappa shape index (κ3) is 26.9. The Morgan fingerprint density at radius 1 is 0.552 bits per heavy atom. The van der Waals surface area contributed by atoms with Gasteiger partial charge in [0.05, 0.1) is 0 Å². The average molecular weight is 407 g/mol. The summed E-state index contributed by atoms with van der Waals surface area (Å²) in [6.45, 7) is 2.28. The Hall–Kier alpha value is -1.05. The molecule has 29 heavy (non-hydrogen) atoms. The van der Waals surface area contributed by atoms with Crippen LogP contribution in [0.2, 0.25) is 0 Å². The lowest BCUT2D eigenvalue weighted by Gasteiger charge is -2.01. The van der Waals surface area contributed by atoms with E-state index in [4.69, 9.17) is 5.11 Å². The van der Waals surface area contributed by atoms with E-state index >= 15 is 0 Å². The van der Waals surface area contributed by atoms with Gasteiger partial charge in [-0.1, -0.05) is 121 Å². The molecule has 0 aliphatic rings. The number of rotatable bonds is 23. The molecule has 0 spiro atoms. The van der Waals surface area contributed by atoms with E-state index < -0.39 is 5.97 Å². The van der Waals surface area contributed by atoms with E-state index in [0.717, 1.165) is 19.3 Å². The molecule has 170 valence electrons. The predicted molar refractivity (Wildman–Crippen MR) is 129 cm³/mol. The fraction of sp³-hybridized carbons (Fsp3) is 0.815. The molecule has 0 aliphatic carbocycles. The smallest absolute Gasteiger partial charge is 0.303 e. The Bertz CT molecular complexity index is 384. The van der Waals surface area contributed by atoms with Crippen molar-refractivity contribution in [3.05, 3.63) is 24.3 Å². The lowest BCUT2D eigenvalue weighted by atomic mass is 10.1. The number of carboxylic acids is 1. The number of carbonyl (C=O) groups is 1. The molecule has 0 fully saturated rings. The average Bonchev–Trinajstić information content (AvgIpc) is 2.71. The van der Waals surface area contributed by atoms with E-state index in [-0.39, 0.29) is 0 Å². The van der Waals surface area contributed by atoms with Gasteiger partial charge in [-0.25, -0.2) is 0 Å². The molecule has 0 radical (unpaired) electrons. The first kappa shape index (κ1) is 27.9. The van der Waals surface area contributed by atoms with Gasteiger partial charge in [-0.2, -0.15) is 0 Å². The van der Waals surface area contributed by atoms with Gasteiger partial charge in [0.1, 0.15) is 0 Å². The maximum Gasteiger partial charge on any atom is 0.303 e. The molecule has 0 aliphatic heterocycles. The zero-order valence-electron chi connectivity index (χ0n) is 19.5. The molecule has 0 heterocycles. The van der Waals surface area contributed by atoms with E-state index in [1.54, 1.807) is 0 Å². The van der Waals surface area contributed by atoms with Crippen LogP contribution >= 0.6 is 0 Å². The van der Waals surface area contributed by atoms with Crippen LogP contribution < -0.4 is 0 Å². The number of carboxylic acid groups (broad SMARTS) is 1. The molecule has 0 unspecified atom stereocenters. The van der Waals surface area contributed by atoms with Crippen LogP contribution in [0, 0.1) is 0 Å². The van der Waals surface area contributed by atoms with Gasteiger partial charge in [0.15, 0.2) is 0 Å². The molecule has 0 rings (SSSR count). The van der Waals surface area contributed by atoms with Crippen LogP contribution in [0.3, 0.4) is 0 Å². The van der Waals surface area contributed by atoms with Gasteiger partial charge < -0.3 is 5.11 Å². The highest BCUT2D eigenvalue weighted by atomic mass is 16.4. The summed E-state index contributed by atoms with van der Waals surface area (Å²) in [6.07, 6.45) is 35.6. The molecule has 0 aromatic heterocycles. The van der Waals surface area contributed by atoms with E-state index in [1.165, 1.54) is 109 Å². The van der Waals surface area contributed by atoms with Crippen molar-refractivity contribution in [2.75, 3.05) is 0 Å². The van der Waals surface area contributed by atoms with Crippen LogP contribution in [0.15, 0.2) is 24.3 Å². The van der Waals surface area contributed by atoms with Gasteiger partial charge in [0, 0.05) is 6.42 Å². The molecular formula is C27H50O2. The summed E-state index contributed by atoms with van der Waals surface area (Å²) < 4.78 is 0. The van der Waals surface area contributed by atoms with Crippen LogP contribution in [0.1, 0.15) is 142 Å². The van der Waals surface area contributed by atoms with E-state index in [9.17, 15) is 4.79 Å². The van der Waals surface area contributed by atoms with Crippen molar-refractivity contribution in [2.45, 2.75) is 142 Å². The van der Waals surface area contributed by atoms with Crippen LogP contribution in [0.5, 0.6) is 0 Å². The summed E-state index contributed by atoms with van der Waals surface area (Å²) >= 11 is 0. The molecule has 0 amide bonds. The summed E-state index contributed by atoms with van der Waals surface area (Å²) in [5.74, 6) is -0.662. The molecule has 0 saturated carbocycles. The quantitative estimate of drug-likeness (QED) is 0.135. The standard InChI is InChI=1S/C27H50O2/c1-2-3-4-5-6-7-8-9-10-11-12-13-14-15-16-17-18-19-20-21-22-23-24-25-26-27(28)29/h13-14,16-17H,2-12,15,18-26H2,1H3,(H,28,29).